The minimum absolute atomic E-state index is 0.520. The van der Waals surface area contributed by atoms with E-state index in [0.717, 1.165) is 27.8 Å². The Morgan fingerprint density at radius 2 is 1.53 bits per heavy atom. The molecule has 1 atom stereocenters. The van der Waals surface area contributed by atoms with Gasteiger partial charge in [0.25, 0.3) is 0 Å². The average molecular weight is 273 g/mol. The van der Waals surface area contributed by atoms with E-state index in [4.69, 9.17) is 0 Å². The van der Waals surface area contributed by atoms with Gasteiger partial charge in [0.2, 0.25) is 0 Å². The minimum Gasteiger partial charge on any atom is -0.310 e. The molecule has 0 spiro atoms. The van der Waals surface area contributed by atoms with Gasteiger partial charge < -0.3 is 5.32 Å². The predicted molar refractivity (Wildman–Crippen MR) is 72.5 cm³/mol. The van der Waals surface area contributed by atoms with Crippen molar-refractivity contribution in [1.82, 2.24) is 5.32 Å². The number of alkyl halides is 3. The molecular formula is C15H22F3N. The van der Waals surface area contributed by atoms with E-state index in [9.17, 15) is 13.2 Å². The van der Waals surface area contributed by atoms with Crippen LogP contribution in [0.1, 0.15) is 47.2 Å². The number of aryl methyl sites for hydroxylation is 2. The standard InChI is InChI=1S/C15H22F3N/c1-6-19-13(8-15(16,17)18)14-11(4)9(2)7-10(3)12(14)5/h7,13,19H,6,8H2,1-5H3. The number of nitrogens with one attached hydrogen (secondary N) is 1. The Morgan fingerprint density at radius 1 is 1.05 bits per heavy atom. The van der Waals surface area contributed by atoms with Crippen LogP contribution in [0.4, 0.5) is 13.2 Å². The lowest BCUT2D eigenvalue weighted by atomic mass is 9.88. The lowest BCUT2D eigenvalue weighted by molar-refractivity contribution is -0.140. The molecule has 1 aromatic carbocycles. The van der Waals surface area contributed by atoms with Gasteiger partial charge in [-0.15, -0.1) is 0 Å². The zero-order valence-corrected chi connectivity index (χ0v) is 12.2. The van der Waals surface area contributed by atoms with E-state index in [-0.39, 0.29) is 0 Å². The molecule has 0 bridgehead atoms. The second-order valence-corrected chi connectivity index (χ2v) is 5.10. The fourth-order valence-electron chi connectivity index (χ4n) is 2.52. The highest BCUT2D eigenvalue weighted by atomic mass is 19.4. The Bertz CT molecular complexity index is 423. The van der Waals surface area contributed by atoms with Crippen LogP contribution in [0, 0.1) is 27.7 Å². The van der Waals surface area contributed by atoms with Crippen LogP contribution in [0.15, 0.2) is 6.07 Å². The van der Waals surface area contributed by atoms with Gasteiger partial charge in [-0.05, 0) is 62.1 Å². The van der Waals surface area contributed by atoms with Crippen LogP contribution < -0.4 is 5.32 Å². The summed E-state index contributed by atoms with van der Waals surface area (Å²) in [6.45, 7) is 10.0. The maximum absolute atomic E-state index is 12.7. The van der Waals surface area contributed by atoms with Gasteiger partial charge >= 0.3 is 6.18 Å². The topological polar surface area (TPSA) is 12.0 Å². The van der Waals surface area contributed by atoms with Crippen LogP contribution in [0.3, 0.4) is 0 Å². The first-order chi connectivity index (χ1) is 8.67. The van der Waals surface area contributed by atoms with Gasteiger partial charge in [0.1, 0.15) is 0 Å². The van der Waals surface area contributed by atoms with Crippen LogP contribution in [-0.4, -0.2) is 12.7 Å². The second-order valence-electron chi connectivity index (χ2n) is 5.10. The van der Waals surface area contributed by atoms with Crippen LogP contribution in [0.2, 0.25) is 0 Å². The number of halogens is 3. The molecule has 0 aliphatic heterocycles. The van der Waals surface area contributed by atoms with Crippen molar-refractivity contribution in [3.8, 4) is 0 Å². The SMILES string of the molecule is CCNC(CC(F)(F)F)c1c(C)c(C)cc(C)c1C. The largest absolute Gasteiger partial charge is 0.390 e. The van der Waals surface area contributed by atoms with E-state index in [0.29, 0.717) is 6.54 Å². The minimum atomic E-state index is -4.16. The summed E-state index contributed by atoms with van der Waals surface area (Å²) in [4.78, 5) is 0. The van der Waals surface area contributed by atoms with Gasteiger partial charge in [-0.1, -0.05) is 13.0 Å². The first kappa shape index (κ1) is 16.0. The summed E-state index contributed by atoms with van der Waals surface area (Å²) in [5.41, 5.74) is 4.81. The highest BCUT2D eigenvalue weighted by Gasteiger charge is 2.33. The molecule has 0 amide bonds. The normalized spacial score (nSPS) is 13.7. The van der Waals surface area contributed by atoms with E-state index in [1.807, 2.05) is 40.7 Å². The molecule has 0 saturated heterocycles. The Labute approximate surface area is 113 Å². The quantitative estimate of drug-likeness (QED) is 0.850. The van der Waals surface area contributed by atoms with Crippen molar-refractivity contribution in [1.29, 1.82) is 0 Å². The predicted octanol–water partition coefficient (Wildman–Crippen LogP) is 4.52. The molecule has 108 valence electrons. The van der Waals surface area contributed by atoms with E-state index in [1.165, 1.54) is 0 Å². The lowest BCUT2D eigenvalue weighted by Crippen LogP contribution is -2.28. The van der Waals surface area contributed by atoms with Crippen LogP contribution in [0.25, 0.3) is 0 Å². The van der Waals surface area contributed by atoms with Gasteiger partial charge in [0.15, 0.2) is 0 Å². The molecule has 0 fully saturated rings. The number of hydrogen-bond donors (Lipinski definition) is 1. The number of rotatable bonds is 4. The van der Waals surface area contributed by atoms with Gasteiger partial charge in [-0.3, -0.25) is 0 Å². The summed E-state index contributed by atoms with van der Waals surface area (Å²) < 4.78 is 38.2. The number of hydrogen-bond acceptors (Lipinski definition) is 1. The van der Waals surface area contributed by atoms with Crippen LogP contribution in [-0.2, 0) is 0 Å². The second kappa shape index (κ2) is 5.95. The molecule has 19 heavy (non-hydrogen) atoms. The highest BCUT2D eigenvalue weighted by molar-refractivity contribution is 5.45. The van der Waals surface area contributed by atoms with E-state index in [2.05, 4.69) is 5.32 Å². The molecule has 0 radical (unpaired) electrons. The van der Waals surface area contributed by atoms with Crippen molar-refractivity contribution in [2.75, 3.05) is 6.54 Å². The Balaban J connectivity index is 3.29. The van der Waals surface area contributed by atoms with Gasteiger partial charge in [0, 0.05) is 6.04 Å². The molecule has 1 unspecified atom stereocenters. The zero-order chi connectivity index (χ0) is 14.8. The van der Waals surface area contributed by atoms with Crippen molar-refractivity contribution >= 4 is 0 Å². The maximum Gasteiger partial charge on any atom is 0.390 e. The Kier molecular flexibility index (Phi) is 5.02. The van der Waals surface area contributed by atoms with Crippen molar-refractivity contribution in [2.45, 2.75) is 53.3 Å². The van der Waals surface area contributed by atoms with Crippen molar-refractivity contribution in [3.05, 3.63) is 33.9 Å². The van der Waals surface area contributed by atoms with Crippen molar-refractivity contribution in [2.24, 2.45) is 0 Å². The molecule has 4 heteroatoms. The van der Waals surface area contributed by atoms with Crippen molar-refractivity contribution in [3.63, 3.8) is 0 Å². The summed E-state index contributed by atoms with van der Waals surface area (Å²) in [5, 5.41) is 2.97. The molecule has 0 aliphatic carbocycles. The monoisotopic (exact) mass is 273 g/mol. The third-order valence-electron chi connectivity index (χ3n) is 3.66. The smallest absolute Gasteiger partial charge is 0.310 e. The van der Waals surface area contributed by atoms with Crippen molar-refractivity contribution < 1.29 is 13.2 Å². The summed E-state index contributed by atoms with van der Waals surface area (Å²) in [6.07, 6.45) is -4.99. The molecule has 0 saturated carbocycles. The Hall–Kier alpha value is -1.03. The first-order valence-electron chi connectivity index (χ1n) is 6.54. The fourth-order valence-corrected chi connectivity index (χ4v) is 2.52. The van der Waals surface area contributed by atoms with Crippen LogP contribution in [0.5, 0.6) is 0 Å². The first-order valence-corrected chi connectivity index (χ1v) is 6.54. The Morgan fingerprint density at radius 3 is 1.89 bits per heavy atom. The fraction of sp³-hybridized carbons (Fsp3) is 0.600. The third-order valence-corrected chi connectivity index (χ3v) is 3.66. The molecular weight excluding hydrogens is 251 g/mol. The molecule has 0 heterocycles. The zero-order valence-electron chi connectivity index (χ0n) is 12.2. The van der Waals surface area contributed by atoms with E-state index >= 15 is 0 Å². The van der Waals surface area contributed by atoms with E-state index < -0.39 is 18.6 Å². The molecule has 1 N–H and O–H groups in total. The van der Waals surface area contributed by atoms with Gasteiger partial charge in [-0.25, -0.2) is 0 Å². The number of benzene rings is 1. The maximum atomic E-state index is 12.7. The molecule has 1 rings (SSSR count). The lowest BCUT2D eigenvalue weighted by Gasteiger charge is -2.25. The van der Waals surface area contributed by atoms with Gasteiger partial charge in [-0.2, -0.15) is 13.2 Å². The summed E-state index contributed by atoms with van der Waals surface area (Å²) >= 11 is 0. The molecule has 1 aromatic rings. The molecule has 0 aromatic heterocycles. The summed E-state index contributed by atoms with van der Waals surface area (Å²) in [6, 6.07) is 1.37. The van der Waals surface area contributed by atoms with Crippen LogP contribution >= 0.6 is 0 Å². The van der Waals surface area contributed by atoms with E-state index in [1.54, 1.807) is 0 Å². The van der Waals surface area contributed by atoms with Gasteiger partial charge in [0.05, 0.1) is 6.42 Å². The summed E-state index contributed by atoms with van der Waals surface area (Å²) in [7, 11) is 0. The highest BCUT2D eigenvalue weighted by Crippen LogP contribution is 2.34. The summed E-state index contributed by atoms with van der Waals surface area (Å²) in [5.74, 6) is 0. The molecule has 0 aliphatic rings. The average Bonchev–Trinajstić information content (AvgIpc) is 2.25. The third kappa shape index (κ3) is 3.96. The molecule has 1 nitrogen and oxygen atoms in total.